The molecular weight excluding hydrogens is 380 g/mol. The van der Waals surface area contributed by atoms with Crippen molar-refractivity contribution in [3.8, 4) is 11.5 Å². The number of amides is 1. The Labute approximate surface area is 166 Å². The van der Waals surface area contributed by atoms with Gasteiger partial charge in [0.25, 0.3) is 0 Å². The second kappa shape index (κ2) is 8.52. The maximum absolute atomic E-state index is 12.8. The third kappa shape index (κ3) is 4.95. The van der Waals surface area contributed by atoms with Crippen molar-refractivity contribution in [1.29, 1.82) is 0 Å². The Morgan fingerprint density at radius 2 is 1.57 bits per heavy atom. The third-order valence-corrected chi connectivity index (χ3v) is 5.44. The third-order valence-electron chi connectivity index (χ3n) is 4.20. The van der Waals surface area contributed by atoms with Crippen molar-refractivity contribution in [3.63, 3.8) is 0 Å². The number of rotatable bonds is 7. The molecule has 0 aliphatic carbocycles. The van der Waals surface area contributed by atoms with Gasteiger partial charge < -0.3 is 14.8 Å². The summed E-state index contributed by atoms with van der Waals surface area (Å²) in [6, 6.07) is 9.42. The van der Waals surface area contributed by atoms with E-state index in [-0.39, 0.29) is 0 Å². The van der Waals surface area contributed by atoms with Crippen molar-refractivity contribution in [2.75, 3.05) is 30.1 Å². The fourth-order valence-electron chi connectivity index (χ4n) is 3.05. The SMILES string of the molecule is COc1ccc(NC(=O)C(C)N(c2cc(C)cc(C)c2)S(C)(=O)=O)cc1OC. The highest BCUT2D eigenvalue weighted by molar-refractivity contribution is 7.92. The standard InChI is InChI=1S/C20H26N2O5S/c1-13-9-14(2)11-17(10-13)22(28(6,24)25)15(3)20(23)21-16-7-8-18(26-4)19(12-16)27-5/h7-12,15H,1-6H3,(H,21,23). The highest BCUT2D eigenvalue weighted by Gasteiger charge is 2.29. The molecule has 0 heterocycles. The largest absolute Gasteiger partial charge is 0.493 e. The van der Waals surface area contributed by atoms with Gasteiger partial charge in [0.05, 0.1) is 26.2 Å². The molecule has 1 N–H and O–H groups in total. The summed E-state index contributed by atoms with van der Waals surface area (Å²) in [5, 5.41) is 2.74. The van der Waals surface area contributed by atoms with Crippen molar-refractivity contribution in [3.05, 3.63) is 47.5 Å². The molecule has 1 amide bonds. The molecule has 0 saturated heterocycles. The first kappa shape index (κ1) is 21.6. The lowest BCUT2D eigenvalue weighted by Crippen LogP contribution is -2.45. The fraction of sp³-hybridized carbons (Fsp3) is 0.350. The van der Waals surface area contributed by atoms with Crippen LogP contribution in [0, 0.1) is 13.8 Å². The molecule has 0 bridgehead atoms. The number of hydrogen-bond acceptors (Lipinski definition) is 5. The molecule has 0 fully saturated rings. The van der Waals surface area contributed by atoms with Crippen LogP contribution < -0.4 is 19.1 Å². The van der Waals surface area contributed by atoms with E-state index >= 15 is 0 Å². The minimum atomic E-state index is -3.68. The Hall–Kier alpha value is -2.74. The first-order chi connectivity index (χ1) is 13.1. The Bertz CT molecular complexity index is 952. The first-order valence-electron chi connectivity index (χ1n) is 8.67. The summed E-state index contributed by atoms with van der Waals surface area (Å²) in [4.78, 5) is 12.8. The van der Waals surface area contributed by atoms with E-state index in [1.54, 1.807) is 37.3 Å². The van der Waals surface area contributed by atoms with Gasteiger partial charge in [-0.2, -0.15) is 0 Å². The van der Waals surface area contributed by atoms with Crippen molar-refractivity contribution >= 4 is 27.3 Å². The van der Waals surface area contributed by atoms with Gasteiger partial charge in [0, 0.05) is 11.8 Å². The van der Waals surface area contributed by atoms with E-state index in [0.717, 1.165) is 21.7 Å². The maximum atomic E-state index is 12.8. The average Bonchev–Trinajstić information content (AvgIpc) is 2.59. The van der Waals surface area contributed by atoms with E-state index < -0.39 is 22.0 Å². The fourth-order valence-corrected chi connectivity index (χ4v) is 4.21. The number of benzene rings is 2. The second-order valence-electron chi connectivity index (χ2n) is 6.64. The number of carbonyl (C=O) groups is 1. The predicted molar refractivity (Wildman–Crippen MR) is 111 cm³/mol. The van der Waals surface area contributed by atoms with Crippen molar-refractivity contribution in [2.45, 2.75) is 26.8 Å². The average molecular weight is 407 g/mol. The zero-order chi connectivity index (χ0) is 21.1. The predicted octanol–water partition coefficient (Wildman–Crippen LogP) is 3.11. The van der Waals surface area contributed by atoms with Gasteiger partial charge in [-0.05, 0) is 56.2 Å². The van der Waals surface area contributed by atoms with Gasteiger partial charge in [-0.1, -0.05) is 6.07 Å². The molecule has 0 radical (unpaired) electrons. The zero-order valence-corrected chi connectivity index (χ0v) is 17.8. The molecule has 2 aromatic rings. The minimum Gasteiger partial charge on any atom is -0.493 e. The first-order valence-corrected chi connectivity index (χ1v) is 10.5. The number of nitrogens with one attached hydrogen (secondary N) is 1. The molecule has 2 aromatic carbocycles. The van der Waals surface area contributed by atoms with Crippen LogP contribution in [0.3, 0.4) is 0 Å². The summed E-state index contributed by atoms with van der Waals surface area (Å²) in [7, 11) is -0.666. The Kier molecular flexibility index (Phi) is 6.56. The lowest BCUT2D eigenvalue weighted by Gasteiger charge is -2.29. The van der Waals surface area contributed by atoms with Crippen molar-refractivity contribution in [2.24, 2.45) is 0 Å². The smallest absolute Gasteiger partial charge is 0.247 e. The van der Waals surface area contributed by atoms with Crippen molar-refractivity contribution in [1.82, 2.24) is 0 Å². The molecule has 0 aliphatic rings. The molecular formula is C20H26N2O5S. The van der Waals surface area contributed by atoms with Crippen LogP contribution in [0.1, 0.15) is 18.1 Å². The number of sulfonamides is 1. The number of carbonyl (C=O) groups excluding carboxylic acids is 1. The van der Waals surface area contributed by atoms with Crippen LogP contribution in [0.2, 0.25) is 0 Å². The Morgan fingerprint density at radius 3 is 2.07 bits per heavy atom. The van der Waals surface area contributed by atoms with Gasteiger partial charge in [0.2, 0.25) is 15.9 Å². The quantitative estimate of drug-likeness (QED) is 0.764. The van der Waals surface area contributed by atoms with Crippen LogP contribution >= 0.6 is 0 Å². The van der Waals surface area contributed by atoms with E-state index in [0.29, 0.717) is 22.9 Å². The molecule has 0 aromatic heterocycles. The molecule has 8 heteroatoms. The zero-order valence-electron chi connectivity index (χ0n) is 16.9. The van der Waals surface area contributed by atoms with Crippen LogP contribution in [0.4, 0.5) is 11.4 Å². The number of aryl methyl sites for hydroxylation is 2. The van der Waals surface area contributed by atoms with Gasteiger partial charge in [-0.15, -0.1) is 0 Å². The monoisotopic (exact) mass is 406 g/mol. The lowest BCUT2D eigenvalue weighted by atomic mass is 10.1. The molecule has 1 atom stereocenters. The Balaban J connectivity index is 2.34. The van der Waals surface area contributed by atoms with Crippen LogP contribution in [0.25, 0.3) is 0 Å². The number of ether oxygens (including phenoxy) is 2. The topological polar surface area (TPSA) is 84.9 Å². The Morgan fingerprint density at radius 1 is 1.00 bits per heavy atom. The summed E-state index contributed by atoms with van der Waals surface area (Å²) in [6.45, 7) is 5.31. The van der Waals surface area contributed by atoms with Gasteiger partial charge in [0.15, 0.2) is 11.5 Å². The summed E-state index contributed by atoms with van der Waals surface area (Å²) in [6.07, 6.45) is 1.09. The van der Waals surface area contributed by atoms with Crippen LogP contribution in [0.15, 0.2) is 36.4 Å². The van der Waals surface area contributed by atoms with Crippen LogP contribution in [0.5, 0.6) is 11.5 Å². The van der Waals surface area contributed by atoms with Crippen molar-refractivity contribution < 1.29 is 22.7 Å². The van der Waals surface area contributed by atoms with Gasteiger partial charge in [-0.3, -0.25) is 9.10 Å². The molecule has 0 aliphatic heterocycles. The highest BCUT2D eigenvalue weighted by atomic mass is 32.2. The summed E-state index contributed by atoms with van der Waals surface area (Å²) < 4.78 is 36.4. The van der Waals surface area contributed by atoms with E-state index in [9.17, 15) is 13.2 Å². The normalized spacial score (nSPS) is 12.2. The summed E-state index contributed by atoms with van der Waals surface area (Å²) in [5.41, 5.74) is 2.76. The molecule has 0 spiro atoms. The van der Waals surface area contributed by atoms with E-state index in [4.69, 9.17) is 9.47 Å². The molecule has 0 saturated carbocycles. The summed E-state index contributed by atoms with van der Waals surface area (Å²) in [5.74, 6) is 0.528. The van der Waals surface area contributed by atoms with E-state index in [1.807, 2.05) is 19.9 Å². The minimum absolute atomic E-state index is 0.454. The number of anilines is 2. The summed E-state index contributed by atoms with van der Waals surface area (Å²) >= 11 is 0. The van der Waals surface area contributed by atoms with Gasteiger partial charge in [0.1, 0.15) is 6.04 Å². The van der Waals surface area contributed by atoms with Gasteiger partial charge >= 0.3 is 0 Å². The van der Waals surface area contributed by atoms with E-state index in [2.05, 4.69) is 5.32 Å². The molecule has 152 valence electrons. The molecule has 2 rings (SSSR count). The van der Waals surface area contributed by atoms with Crippen LogP contribution in [-0.2, 0) is 14.8 Å². The number of methoxy groups -OCH3 is 2. The molecule has 28 heavy (non-hydrogen) atoms. The molecule has 1 unspecified atom stereocenters. The molecule has 7 nitrogen and oxygen atoms in total. The second-order valence-corrected chi connectivity index (χ2v) is 8.50. The maximum Gasteiger partial charge on any atom is 0.247 e. The highest BCUT2D eigenvalue weighted by Crippen LogP contribution is 2.30. The van der Waals surface area contributed by atoms with Crippen LogP contribution in [-0.4, -0.2) is 40.8 Å². The lowest BCUT2D eigenvalue weighted by molar-refractivity contribution is -0.116. The number of nitrogens with zero attached hydrogens (tertiary/aromatic N) is 1. The van der Waals surface area contributed by atoms with Gasteiger partial charge in [-0.25, -0.2) is 8.42 Å². The number of hydrogen-bond donors (Lipinski definition) is 1. The van der Waals surface area contributed by atoms with E-state index in [1.165, 1.54) is 14.2 Å².